The van der Waals surface area contributed by atoms with Gasteiger partial charge < -0.3 is 8.85 Å². The van der Waals surface area contributed by atoms with E-state index < -0.39 is 8.56 Å². The molecule has 0 saturated carbocycles. The van der Waals surface area contributed by atoms with Crippen molar-refractivity contribution in [3.63, 3.8) is 0 Å². The lowest BCUT2D eigenvalue weighted by molar-refractivity contribution is 0.165. The van der Waals surface area contributed by atoms with Gasteiger partial charge in [0.25, 0.3) is 0 Å². The normalized spacial score (nSPS) is 12.0. The predicted octanol–water partition coefficient (Wildman–Crippen LogP) is 6.10. The van der Waals surface area contributed by atoms with Crippen LogP contribution in [0.15, 0.2) is 0 Å². The van der Waals surface area contributed by atoms with Crippen LogP contribution >= 0.6 is 23.2 Å². The van der Waals surface area contributed by atoms with Crippen LogP contribution in [-0.4, -0.2) is 33.5 Å². The van der Waals surface area contributed by atoms with Crippen LogP contribution in [0.5, 0.6) is 0 Å². The van der Waals surface area contributed by atoms with Crippen LogP contribution in [0, 0.1) is 0 Å². The second-order valence-electron chi connectivity index (χ2n) is 5.61. The number of rotatable bonds is 16. The van der Waals surface area contributed by atoms with E-state index in [1.165, 1.54) is 25.7 Å². The first-order valence-electron chi connectivity index (χ1n) is 8.64. The molecule has 0 amide bonds. The van der Waals surface area contributed by atoms with Gasteiger partial charge in [0.1, 0.15) is 0 Å². The molecule has 0 aromatic carbocycles. The van der Waals surface area contributed by atoms with Gasteiger partial charge in [-0.1, -0.05) is 39.5 Å². The Labute approximate surface area is 143 Å². The van der Waals surface area contributed by atoms with Gasteiger partial charge in [-0.2, -0.15) is 0 Å². The van der Waals surface area contributed by atoms with Crippen molar-refractivity contribution in [3.05, 3.63) is 0 Å². The first-order valence-corrected chi connectivity index (χ1v) is 11.9. The minimum atomic E-state index is -2.02. The van der Waals surface area contributed by atoms with Crippen molar-refractivity contribution in [2.24, 2.45) is 0 Å². The lowest BCUT2D eigenvalue weighted by Gasteiger charge is -2.31. The molecule has 0 fully saturated rings. The minimum absolute atomic E-state index is 0.760. The Kier molecular flexibility index (Phi) is 16.1. The van der Waals surface area contributed by atoms with E-state index in [1.54, 1.807) is 0 Å². The van der Waals surface area contributed by atoms with Gasteiger partial charge in [-0.25, -0.2) is 0 Å². The zero-order chi connectivity index (χ0) is 15.8. The lowest BCUT2D eigenvalue weighted by atomic mass is 10.3. The number of unbranched alkanes of at least 4 members (excludes halogenated alkanes) is 4. The fraction of sp³-hybridized carbons (Fsp3) is 1.00. The molecule has 0 radical (unpaired) electrons. The third-order valence-corrected chi connectivity index (χ3v) is 7.75. The van der Waals surface area contributed by atoms with Crippen molar-refractivity contribution in [3.8, 4) is 0 Å². The number of hydrogen-bond acceptors (Lipinski definition) is 2. The second-order valence-corrected chi connectivity index (χ2v) is 9.76. The number of hydrogen-bond donors (Lipinski definition) is 0. The highest BCUT2D eigenvalue weighted by Crippen LogP contribution is 2.26. The maximum atomic E-state index is 6.29. The van der Waals surface area contributed by atoms with E-state index >= 15 is 0 Å². The first kappa shape index (κ1) is 21.7. The molecule has 0 aliphatic heterocycles. The fourth-order valence-corrected chi connectivity index (χ4v) is 6.38. The summed E-state index contributed by atoms with van der Waals surface area (Å²) in [6.07, 6.45) is 9.06. The van der Waals surface area contributed by atoms with Gasteiger partial charge in [0.2, 0.25) is 0 Å². The van der Waals surface area contributed by atoms with E-state index in [0.717, 1.165) is 62.7 Å². The molecular formula is C16H34Cl2O2Si. The molecule has 0 aliphatic rings. The summed E-state index contributed by atoms with van der Waals surface area (Å²) in [7, 11) is -2.02. The van der Waals surface area contributed by atoms with E-state index in [2.05, 4.69) is 13.8 Å². The molecule has 0 spiro atoms. The van der Waals surface area contributed by atoms with Crippen LogP contribution in [0.25, 0.3) is 0 Å². The van der Waals surface area contributed by atoms with E-state index in [1.807, 2.05) is 0 Å². The smallest absolute Gasteiger partial charge is 0.338 e. The molecule has 128 valence electrons. The summed E-state index contributed by atoms with van der Waals surface area (Å²) in [6, 6.07) is 2.23. The van der Waals surface area contributed by atoms with E-state index in [-0.39, 0.29) is 0 Å². The SMILES string of the molecule is CCCO[Si](CCCCCCl)(CCCCCCl)OCCC. The van der Waals surface area contributed by atoms with Gasteiger partial charge in [0.05, 0.1) is 0 Å². The molecule has 0 heterocycles. The van der Waals surface area contributed by atoms with Crippen LogP contribution < -0.4 is 0 Å². The minimum Gasteiger partial charge on any atom is -0.394 e. The van der Waals surface area contributed by atoms with Gasteiger partial charge in [-0.05, 0) is 37.8 Å². The highest BCUT2D eigenvalue weighted by atomic mass is 35.5. The summed E-state index contributed by atoms with van der Waals surface area (Å²) in [6.45, 7) is 6.00. The molecule has 0 aliphatic carbocycles. The summed E-state index contributed by atoms with van der Waals surface area (Å²) < 4.78 is 12.6. The highest BCUT2D eigenvalue weighted by molar-refractivity contribution is 6.67. The zero-order valence-electron chi connectivity index (χ0n) is 14.0. The van der Waals surface area contributed by atoms with Crippen molar-refractivity contribution < 1.29 is 8.85 Å². The molecule has 0 N–H and O–H groups in total. The molecule has 2 nitrogen and oxygen atoms in total. The molecule has 0 atom stereocenters. The zero-order valence-corrected chi connectivity index (χ0v) is 16.5. The maximum Gasteiger partial charge on any atom is 0.338 e. The third kappa shape index (κ3) is 11.9. The van der Waals surface area contributed by atoms with Gasteiger partial charge >= 0.3 is 8.56 Å². The van der Waals surface area contributed by atoms with Gasteiger partial charge in [0, 0.05) is 25.0 Å². The first-order chi connectivity index (χ1) is 10.2. The fourth-order valence-electron chi connectivity index (χ4n) is 2.36. The van der Waals surface area contributed by atoms with Crippen LogP contribution in [0.4, 0.5) is 0 Å². The van der Waals surface area contributed by atoms with Gasteiger partial charge in [0.15, 0.2) is 0 Å². The van der Waals surface area contributed by atoms with Crippen molar-refractivity contribution >= 4 is 31.8 Å². The van der Waals surface area contributed by atoms with Gasteiger partial charge in [-0.3, -0.25) is 0 Å². The van der Waals surface area contributed by atoms with Crippen molar-refractivity contribution in [1.82, 2.24) is 0 Å². The summed E-state index contributed by atoms with van der Waals surface area (Å²) >= 11 is 11.5. The highest BCUT2D eigenvalue weighted by Gasteiger charge is 2.36. The van der Waals surface area contributed by atoms with Gasteiger partial charge in [-0.15, -0.1) is 23.2 Å². The molecular weight excluding hydrogens is 323 g/mol. The Hall–Kier alpha value is 0.717. The number of halogens is 2. The van der Waals surface area contributed by atoms with E-state index in [9.17, 15) is 0 Å². The Morgan fingerprint density at radius 3 is 1.43 bits per heavy atom. The molecule has 0 unspecified atom stereocenters. The Bertz CT molecular complexity index is 196. The second kappa shape index (κ2) is 15.6. The Balaban J connectivity index is 4.43. The molecule has 0 saturated heterocycles. The van der Waals surface area contributed by atoms with E-state index in [0.29, 0.717) is 0 Å². The van der Waals surface area contributed by atoms with E-state index in [4.69, 9.17) is 32.1 Å². The molecule has 0 aromatic rings. The monoisotopic (exact) mass is 356 g/mol. The molecule has 0 aromatic heterocycles. The average molecular weight is 357 g/mol. The quantitative estimate of drug-likeness (QED) is 0.189. The van der Waals surface area contributed by atoms with Crippen LogP contribution in [0.2, 0.25) is 12.1 Å². The van der Waals surface area contributed by atoms with Crippen LogP contribution in [0.3, 0.4) is 0 Å². The summed E-state index contributed by atoms with van der Waals surface area (Å²) in [4.78, 5) is 0. The molecule has 5 heteroatoms. The standard InChI is InChI=1S/C16H34Cl2O2Si/c1-3-13-19-21(20-14-4-2,15-9-5-7-11-17)16-10-6-8-12-18/h3-16H2,1-2H3. The maximum absolute atomic E-state index is 6.29. The van der Waals surface area contributed by atoms with Crippen LogP contribution in [-0.2, 0) is 8.85 Å². The van der Waals surface area contributed by atoms with Crippen LogP contribution in [0.1, 0.15) is 65.2 Å². The average Bonchev–Trinajstić information content (AvgIpc) is 2.51. The number of alkyl halides is 2. The largest absolute Gasteiger partial charge is 0.394 e. The third-order valence-electron chi connectivity index (χ3n) is 3.52. The summed E-state index contributed by atoms with van der Waals surface area (Å²) in [5.41, 5.74) is 0. The Morgan fingerprint density at radius 2 is 1.10 bits per heavy atom. The van der Waals surface area contributed by atoms with Crippen molar-refractivity contribution in [2.75, 3.05) is 25.0 Å². The topological polar surface area (TPSA) is 18.5 Å². The summed E-state index contributed by atoms with van der Waals surface area (Å²) in [5, 5.41) is 0. The predicted molar refractivity (Wildman–Crippen MR) is 97.0 cm³/mol. The van der Waals surface area contributed by atoms with Crippen molar-refractivity contribution in [2.45, 2.75) is 77.3 Å². The summed E-state index contributed by atoms with van der Waals surface area (Å²) in [5.74, 6) is 1.52. The van der Waals surface area contributed by atoms with Crippen molar-refractivity contribution in [1.29, 1.82) is 0 Å². The molecule has 21 heavy (non-hydrogen) atoms. The molecule has 0 bridgehead atoms. The Morgan fingerprint density at radius 1 is 0.667 bits per heavy atom. The molecule has 0 rings (SSSR count). The lowest BCUT2D eigenvalue weighted by Crippen LogP contribution is -2.42.